The summed E-state index contributed by atoms with van der Waals surface area (Å²) in [5, 5.41) is 0. The maximum absolute atomic E-state index is 12.2. The van der Waals surface area contributed by atoms with E-state index in [1.807, 2.05) is 20.0 Å². The Labute approximate surface area is 113 Å². The first-order valence-electron chi connectivity index (χ1n) is 5.91. The second-order valence-corrected chi connectivity index (χ2v) is 6.52. The molecule has 2 nitrogen and oxygen atoms in total. The minimum absolute atomic E-state index is 0.0801. The SMILES string of the molecule is CC(C)CCN(C)C(C)C(=O)c1ccc(Cl)s1. The van der Waals surface area contributed by atoms with Gasteiger partial charge < -0.3 is 0 Å². The third kappa shape index (κ3) is 4.41. The Bertz CT molecular complexity index is 375. The predicted molar refractivity (Wildman–Crippen MR) is 75.2 cm³/mol. The van der Waals surface area contributed by atoms with Gasteiger partial charge in [-0.25, -0.2) is 0 Å². The average molecular weight is 274 g/mol. The normalized spacial score (nSPS) is 13.4. The van der Waals surface area contributed by atoms with Gasteiger partial charge in [0.05, 0.1) is 15.3 Å². The molecule has 1 aromatic rings. The van der Waals surface area contributed by atoms with E-state index in [2.05, 4.69) is 18.7 Å². The molecule has 1 unspecified atom stereocenters. The van der Waals surface area contributed by atoms with Crippen LogP contribution in [0.1, 0.15) is 36.9 Å². The highest BCUT2D eigenvalue weighted by Crippen LogP contribution is 2.23. The predicted octanol–water partition coefficient (Wildman–Crippen LogP) is 3.95. The zero-order valence-corrected chi connectivity index (χ0v) is 12.4. The molecule has 1 rings (SSSR count). The third-order valence-electron chi connectivity index (χ3n) is 2.92. The summed E-state index contributed by atoms with van der Waals surface area (Å²) in [5.41, 5.74) is 0. The van der Waals surface area contributed by atoms with Gasteiger partial charge in [0.15, 0.2) is 5.78 Å². The van der Waals surface area contributed by atoms with Gasteiger partial charge >= 0.3 is 0 Å². The maximum atomic E-state index is 12.2. The zero-order valence-electron chi connectivity index (χ0n) is 10.9. The maximum Gasteiger partial charge on any atom is 0.189 e. The molecule has 0 aliphatic heterocycles. The molecule has 0 bridgehead atoms. The number of carbonyl (C=O) groups is 1. The number of hydrogen-bond acceptors (Lipinski definition) is 3. The number of ketones is 1. The molecular weight excluding hydrogens is 254 g/mol. The summed E-state index contributed by atoms with van der Waals surface area (Å²) in [4.78, 5) is 15.0. The van der Waals surface area contributed by atoms with E-state index < -0.39 is 0 Å². The number of carbonyl (C=O) groups excluding carboxylic acids is 1. The first kappa shape index (κ1) is 14.7. The smallest absolute Gasteiger partial charge is 0.189 e. The van der Waals surface area contributed by atoms with E-state index in [0.29, 0.717) is 10.3 Å². The molecule has 4 heteroatoms. The van der Waals surface area contributed by atoms with E-state index in [9.17, 15) is 4.79 Å². The van der Waals surface area contributed by atoms with Crippen molar-refractivity contribution in [3.63, 3.8) is 0 Å². The highest BCUT2D eigenvalue weighted by atomic mass is 35.5. The Morgan fingerprint density at radius 3 is 2.53 bits per heavy atom. The molecule has 0 saturated heterocycles. The molecule has 0 spiro atoms. The Balaban J connectivity index is 2.57. The molecule has 0 N–H and O–H groups in total. The fraction of sp³-hybridized carbons (Fsp3) is 0.615. The molecule has 0 saturated carbocycles. The minimum Gasteiger partial charge on any atom is -0.297 e. The first-order chi connectivity index (χ1) is 7.91. The van der Waals surface area contributed by atoms with Gasteiger partial charge in [0.25, 0.3) is 0 Å². The molecule has 1 aromatic heterocycles. The van der Waals surface area contributed by atoms with Crippen LogP contribution in [0.2, 0.25) is 4.34 Å². The fourth-order valence-electron chi connectivity index (χ4n) is 1.51. The average Bonchev–Trinajstić information content (AvgIpc) is 2.70. The molecule has 0 aliphatic carbocycles. The molecule has 17 heavy (non-hydrogen) atoms. The number of hydrogen-bond donors (Lipinski definition) is 0. The first-order valence-corrected chi connectivity index (χ1v) is 7.11. The van der Waals surface area contributed by atoms with E-state index in [1.54, 1.807) is 6.07 Å². The summed E-state index contributed by atoms with van der Waals surface area (Å²) >= 11 is 7.20. The Kier molecular flexibility index (Phi) is 5.63. The lowest BCUT2D eigenvalue weighted by Crippen LogP contribution is -2.36. The van der Waals surface area contributed by atoms with Crippen LogP contribution in [-0.2, 0) is 0 Å². The highest BCUT2D eigenvalue weighted by molar-refractivity contribution is 7.18. The quantitative estimate of drug-likeness (QED) is 0.732. The fourth-order valence-corrected chi connectivity index (χ4v) is 2.57. The summed E-state index contributed by atoms with van der Waals surface area (Å²) in [5.74, 6) is 0.823. The van der Waals surface area contributed by atoms with Crippen LogP contribution in [0.15, 0.2) is 12.1 Å². The molecule has 0 aromatic carbocycles. The zero-order chi connectivity index (χ0) is 13.0. The number of thiophene rings is 1. The molecule has 0 fully saturated rings. The molecule has 1 atom stereocenters. The molecule has 96 valence electrons. The van der Waals surface area contributed by atoms with Gasteiger partial charge in [-0.1, -0.05) is 25.4 Å². The standard InChI is InChI=1S/C13H20ClNOS/c1-9(2)7-8-15(4)10(3)13(16)11-5-6-12(14)17-11/h5-6,9-10H,7-8H2,1-4H3. The third-order valence-corrected chi connectivity index (χ3v) is 4.16. The summed E-state index contributed by atoms with van der Waals surface area (Å²) < 4.78 is 0.672. The van der Waals surface area contributed by atoms with Gasteiger partial charge in [-0.2, -0.15) is 0 Å². The second-order valence-electron chi connectivity index (χ2n) is 4.81. The lowest BCUT2D eigenvalue weighted by atomic mass is 10.1. The van der Waals surface area contributed by atoms with Gasteiger partial charge in [0.2, 0.25) is 0 Å². The monoisotopic (exact) mass is 273 g/mol. The van der Waals surface area contributed by atoms with Crippen molar-refractivity contribution in [1.82, 2.24) is 4.90 Å². The Hall–Kier alpha value is -0.380. The van der Waals surface area contributed by atoms with Crippen molar-refractivity contribution in [2.75, 3.05) is 13.6 Å². The topological polar surface area (TPSA) is 20.3 Å². The second kappa shape index (κ2) is 6.53. The van der Waals surface area contributed by atoms with Gasteiger partial charge in [0.1, 0.15) is 0 Å². The van der Waals surface area contributed by atoms with Crippen LogP contribution in [0.4, 0.5) is 0 Å². The summed E-state index contributed by atoms with van der Waals surface area (Å²) in [6, 6.07) is 3.51. The largest absolute Gasteiger partial charge is 0.297 e. The minimum atomic E-state index is -0.0801. The van der Waals surface area contributed by atoms with Gasteiger partial charge in [0, 0.05) is 0 Å². The van der Waals surface area contributed by atoms with E-state index in [1.165, 1.54) is 11.3 Å². The van der Waals surface area contributed by atoms with Crippen LogP contribution in [0.3, 0.4) is 0 Å². The van der Waals surface area contributed by atoms with Crippen molar-refractivity contribution in [2.24, 2.45) is 5.92 Å². The van der Waals surface area contributed by atoms with Crippen LogP contribution in [0, 0.1) is 5.92 Å². The molecule has 0 radical (unpaired) electrons. The van der Waals surface area contributed by atoms with Crippen LogP contribution < -0.4 is 0 Å². The number of rotatable bonds is 6. The lowest BCUT2D eigenvalue weighted by Gasteiger charge is -2.23. The van der Waals surface area contributed by atoms with E-state index in [4.69, 9.17) is 11.6 Å². The van der Waals surface area contributed by atoms with Crippen LogP contribution in [-0.4, -0.2) is 30.3 Å². The van der Waals surface area contributed by atoms with E-state index in [-0.39, 0.29) is 11.8 Å². The Morgan fingerprint density at radius 2 is 2.06 bits per heavy atom. The molecule has 1 heterocycles. The molecular formula is C13H20ClNOS. The van der Waals surface area contributed by atoms with Gasteiger partial charge in [-0.05, 0) is 45.0 Å². The number of Topliss-reactive ketones (excluding diaryl/α,β-unsaturated/α-hetero) is 1. The summed E-state index contributed by atoms with van der Waals surface area (Å²) in [6.07, 6.45) is 1.11. The van der Waals surface area contributed by atoms with Crippen LogP contribution in [0.5, 0.6) is 0 Å². The van der Waals surface area contributed by atoms with E-state index in [0.717, 1.165) is 17.8 Å². The number of nitrogens with zero attached hydrogens (tertiary/aromatic N) is 1. The van der Waals surface area contributed by atoms with Crippen molar-refractivity contribution < 1.29 is 4.79 Å². The molecule has 0 aliphatic rings. The van der Waals surface area contributed by atoms with E-state index >= 15 is 0 Å². The van der Waals surface area contributed by atoms with Gasteiger partial charge in [-0.15, -0.1) is 11.3 Å². The van der Waals surface area contributed by atoms with Crippen molar-refractivity contribution in [3.05, 3.63) is 21.3 Å². The van der Waals surface area contributed by atoms with Crippen molar-refractivity contribution in [3.8, 4) is 0 Å². The summed E-state index contributed by atoms with van der Waals surface area (Å²) in [6.45, 7) is 7.29. The lowest BCUT2D eigenvalue weighted by molar-refractivity contribution is 0.0868. The highest BCUT2D eigenvalue weighted by Gasteiger charge is 2.20. The van der Waals surface area contributed by atoms with Crippen molar-refractivity contribution in [1.29, 1.82) is 0 Å². The molecule has 0 amide bonds. The number of halogens is 1. The van der Waals surface area contributed by atoms with Crippen molar-refractivity contribution >= 4 is 28.7 Å². The number of likely N-dealkylation sites (N-methyl/N-ethyl adjacent to an activating group) is 1. The summed E-state index contributed by atoms with van der Waals surface area (Å²) in [7, 11) is 2.00. The van der Waals surface area contributed by atoms with Crippen molar-refractivity contribution in [2.45, 2.75) is 33.2 Å². The Morgan fingerprint density at radius 1 is 1.41 bits per heavy atom. The van der Waals surface area contributed by atoms with Crippen LogP contribution >= 0.6 is 22.9 Å². The van der Waals surface area contributed by atoms with Gasteiger partial charge in [-0.3, -0.25) is 9.69 Å². The van der Waals surface area contributed by atoms with Crippen LogP contribution in [0.25, 0.3) is 0 Å².